The highest BCUT2D eigenvalue weighted by molar-refractivity contribution is 6.31. The molecule has 3 heteroatoms. The Morgan fingerprint density at radius 1 is 1.28 bits per heavy atom. The lowest BCUT2D eigenvalue weighted by atomic mass is 9.75. The Kier molecular flexibility index (Phi) is 3.88. The number of rotatable bonds is 4. The van der Waals surface area contributed by atoms with Gasteiger partial charge in [-0.1, -0.05) is 25.4 Å². The molecule has 0 bridgehead atoms. The van der Waals surface area contributed by atoms with Gasteiger partial charge in [0.25, 0.3) is 0 Å². The van der Waals surface area contributed by atoms with Crippen LogP contribution in [-0.2, 0) is 12.0 Å². The van der Waals surface area contributed by atoms with E-state index in [2.05, 4.69) is 31.7 Å². The van der Waals surface area contributed by atoms with Crippen LogP contribution in [0.5, 0.6) is 0 Å². The molecule has 100 valence electrons. The second-order valence-electron chi connectivity index (χ2n) is 5.13. The molecule has 0 aromatic heterocycles. The summed E-state index contributed by atoms with van der Waals surface area (Å²) in [6.45, 7) is 9.42. The van der Waals surface area contributed by atoms with Gasteiger partial charge in [0.15, 0.2) is 0 Å². The van der Waals surface area contributed by atoms with E-state index in [0.717, 1.165) is 36.5 Å². The number of hydrogen-bond acceptors (Lipinski definition) is 2. The maximum Gasteiger partial charge on any atom is 0.0455 e. The number of likely N-dealkylation sites (N-methyl/N-ethyl adjacent to an activating group) is 1. The zero-order valence-electron chi connectivity index (χ0n) is 11.6. The second-order valence-corrected chi connectivity index (χ2v) is 5.53. The first-order valence-corrected chi connectivity index (χ1v) is 7.28. The van der Waals surface area contributed by atoms with Crippen molar-refractivity contribution in [3.8, 4) is 0 Å². The summed E-state index contributed by atoms with van der Waals surface area (Å²) in [6.07, 6.45) is 2.28. The standard InChI is InChI=1S/C15H23ClN2/c1-4-15(5-2)10-18(6-3)13-8-7-12(16)11(9-17)14(13)15/h7-8H,4-6,9-10,17H2,1-3H3. The number of hydrogen-bond donors (Lipinski definition) is 1. The fraction of sp³-hybridized carbons (Fsp3) is 0.600. The number of fused-ring (bicyclic) bond motifs is 1. The molecule has 0 amide bonds. The van der Waals surface area contributed by atoms with Crippen LogP contribution >= 0.6 is 11.6 Å². The quantitative estimate of drug-likeness (QED) is 0.901. The zero-order chi connectivity index (χ0) is 13.3. The molecule has 1 aliphatic heterocycles. The van der Waals surface area contributed by atoms with E-state index in [0.29, 0.717) is 6.54 Å². The van der Waals surface area contributed by atoms with Gasteiger partial charge >= 0.3 is 0 Å². The maximum atomic E-state index is 6.34. The van der Waals surface area contributed by atoms with Crippen molar-refractivity contribution in [3.63, 3.8) is 0 Å². The van der Waals surface area contributed by atoms with Crippen LogP contribution in [0.25, 0.3) is 0 Å². The summed E-state index contributed by atoms with van der Waals surface area (Å²) in [6, 6.07) is 4.15. The summed E-state index contributed by atoms with van der Waals surface area (Å²) < 4.78 is 0. The minimum atomic E-state index is 0.227. The van der Waals surface area contributed by atoms with Crippen molar-refractivity contribution in [3.05, 3.63) is 28.3 Å². The fourth-order valence-corrected chi connectivity index (χ4v) is 3.54. The van der Waals surface area contributed by atoms with Crippen LogP contribution in [0.4, 0.5) is 5.69 Å². The van der Waals surface area contributed by atoms with E-state index in [1.165, 1.54) is 11.3 Å². The molecular formula is C15H23ClN2. The lowest BCUT2D eigenvalue weighted by molar-refractivity contribution is 0.418. The first kappa shape index (κ1) is 13.7. The number of anilines is 1. The van der Waals surface area contributed by atoms with E-state index < -0.39 is 0 Å². The molecule has 0 saturated heterocycles. The average Bonchev–Trinajstić information content (AvgIpc) is 2.73. The highest BCUT2D eigenvalue weighted by atomic mass is 35.5. The van der Waals surface area contributed by atoms with E-state index >= 15 is 0 Å². The van der Waals surface area contributed by atoms with Crippen LogP contribution in [0.2, 0.25) is 5.02 Å². The van der Waals surface area contributed by atoms with Gasteiger partial charge in [-0.25, -0.2) is 0 Å². The molecule has 0 radical (unpaired) electrons. The Morgan fingerprint density at radius 3 is 2.44 bits per heavy atom. The van der Waals surface area contributed by atoms with Gasteiger partial charge in [0.1, 0.15) is 0 Å². The second kappa shape index (κ2) is 5.10. The van der Waals surface area contributed by atoms with Crippen molar-refractivity contribution < 1.29 is 0 Å². The zero-order valence-corrected chi connectivity index (χ0v) is 12.3. The van der Waals surface area contributed by atoms with Crippen molar-refractivity contribution >= 4 is 17.3 Å². The third-order valence-corrected chi connectivity index (χ3v) is 4.89. The van der Waals surface area contributed by atoms with Crippen molar-refractivity contribution in [2.75, 3.05) is 18.0 Å². The lowest BCUT2D eigenvalue weighted by Crippen LogP contribution is -2.33. The molecule has 0 fully saturated rings. The van der Waals surface area contributed by atoms with Crippen molar-refractivity contribution in [2.45, 2.75) is 45.6 Å². The highest BCUT2D eigenvalue weighted by Gasteiger charge is 2.41. The Morgan fingerprint density at radius 2 is 1.94 bits per heavy atom. The molecule has 2 N–H and O–H groups in total. The molecule has 0 spiro atoms. The van der Waals surface area contributed by atoms with Crippen LogP contribution < -0.4 is 10.6 Å². The molecular weight excluding hydrogens is 244 g/mol. The van der Waals surface area contributed by atoms with Gasteiger partial charge in [0.05, 0.1) is 0 Å². The van der Waals surface area contributed by atoms with E-state index in [-0.39, 0.29) is 5.41 Å². The fourth-order valence-electron chi connectivity index (χ4n) is 3.30. The predicted molar refractivity (Wildman–Crippen MR) is 79.5 cm³/mol. The van der Waals surface area contributed by atoms with Gasteiger partial charge < -0.3 is 10.6 Å². The molecule has 18 heavy (non-hydrogen) atoms. The van der Waals surface area contributed by atoms with E-state index in [1.807, 2.05) is 6.07 Å². The van der Waals surface area contributed by atoms with Gasteiger partial charge in [0.2, 0.25) is 0 Å². The highest BCUT2D eigenvalue weighted by Crippen LogP contribution is 2.48. The maximum absolute atomic E-state index is 6.34. The number of nitrogens with zero attached hydrogens (tertiary/aromatic N) is 1. The minimum absolute atomic E-state index is 0.227. The summed E-state index contributed by atoms with van der Waals surface area (Å²) in [5.41, 5.74) is 10.1. The van der Waals surface area contributed by atoms with Crippen molar-refractivity contribution in [1.29, 1.82) is 0 Å². The Labute approximate surface area is 115 Å². The van der Waals surface area contributed by atoms with Gasteiger partial charge in [-0.05, 0) is 43.0 Å². The summed E-state index contributed by atoms with van der Waals surface area (Å²) in [7, 11) is 0. The van der Waals surface area contributed by atoms with Crippen molar-refractivity contribution in [2.24, 2.45) is 5.73 Å². The molecule has 0 unspecified atom stereocenters. The number of halogens is 1. The number of benzene rings is 1. The largest absolute Gasteiger partial charge is 0.371 e. The van der Waals surface area contributed by atoms with E-state index in [9.17, 15) is 0 Å². The first-order chi connectivity index (χ1) is 8.63. The lowest BCUT2D eigenvalue weighted by Gasteiger charge is -2.29. The summed E-state index contributed by atoms with van der Waals surface area (Å²) in [5.74, 6) is 0. The molecule has 0 atom stereocenters. The molecule has 0 aliphatic carbocycles. The van der Waals surface area contributed by atoms with Gasteiger partial charge in [0, 0.05) is 35.8 Å². The van der Waals surface area contributed by atoms with Crippen LogP contribution in [0.1, 0.15) is 44.7 Å². The van der Waals surface area contributed by atoms with Crippen LogP contribution in [0.3, 0.4) is 0 Å². The first-order valence-electron chi connectivity index (χ1n) is 6.90. The summed E-state index contributed by atoms with van der Waals surface area (Å²) in [4.78, 5) is 2.46. The molecule has 1 aromatic rings. The van der Waals surface area contributed by atoms with Gasteiger partial charge in [-0.15, -0.1) is 0 Å². The number of nitrogens with two attached hydrogens (primary N) is 1. The van der Waals surface area contributed by atoms with Crippen LogP contribution in [-0.4, -0.2) is 13.1 Å². The molecule has 1 aliphatic rings. The minimum Gasteiger partial charge on any atom is -0.371 e. The molecule has 0 saturated carbocycles. The smallest absolute Gasteiger partial charge is 0.0455 e. The molecule has 1 heterocycles. The predicted octanol–water partition coefficient (Wildman–Crippen LogP) is 3.70. The third-order valence-electron chi connectivity index (χ3n) is 4.54. The van der Waals surface area contributed by atoms with Crippen LogP contribution in [0, 0.1) is 0 Å². The Balaban J connectivity index is 2.67. The van der Waals surface area contributed by atoms with E-state index in [4.69, 9.17) is 17.3 Å². The SMILES string of the molecule is CCN1CC(CC)(CC)c2c1ccc(Cl)c2CN. The average molecular weight is 267 g/mol. The molecule has 2 nitrogen and oxygen atoms in total. The molecule has 1 aromatic carbocycles. The van der Waals surface area contributed by atoms with Gasteiger partial charge in [-0.2, -0.15) is 0 Å². The molecule has 2 rings (SSSR count). The summed E-state index contributed by atoms with van der Waals surface area (Å²) in [5, 5.41) is 0.820. The topological polar surface area (TPSA) is 29.3 Å². The Bertz CT molecular complexity index is 438. The monoisotopic (exact) mass is 266 g/mol. The third kappa shape index (κ3) is 1.83. The Hall–Kier alpha value is -0.730. The van der Waals surface area contributed by atoms with Gasteiger partial charge in [-0.3, -0.25) is 0 Å². The normalized spacial score (nSPS) is 17.1. The van der Waals surface area contributed by atoms with Crippen molar-refractivity contribution in [1.82, 2.24) is 0 Å². The van der Waals surface area contributed by atoms with Crippen LogP contribution in [0.15, 0.2) is 12.1 Å². The van der Waals surface area contributed by atoms with E-state index in [1.54, 1.807) is 0 Å². The summed E-state index contributed by atoms with van der Waals surface area (Å²) >= 11 is 6.34.